The third-order valence-corrected chi connectivity index (χ3v) is 7.58. The van der Waals surface area contributed by atoms with Gasteiger partial charge in [-0.3, -0.25) is 9.69 Å². The summed E-state index contributed by atoms with van der Waals surface area (Å²) in [4.78, 5) is 22.3. The van der Waals surface area contributed by atoms with Crippen LogP contribution in [0.25, 0.3) is 11.0 Å². The van der Waals surface area contributed by atoms with E-state index >= 15 is 0 Å². The van der Waals surface area contributed by atoms with Gasteiger partial charge in [-0.1, -0.05) is 24.3 Å². The van der Waals surface area contributed by atoms with Crippen molar-refractivity contribution in [1.82, 2.24) is 14.5 Å². The molecule has 3 heterocycles. The highest BCUT2D eigenvalue weighted by Gasteiger charge is 2.36. The first-order valence-corrected chi connectivity index (χ1v) is 12.6. The molecule has 0 bridgehead atoms. The number of nitrogens with zero attached hydrogens (tertiary/aromatic N) is 5. The van der Waals surface area contributed by atoms with Crippen molar-refractivity contribution in [2.45, 2.75) is 38.9 Å². The van der Waals surface area contributed by atoms with Crippen LogP contribution in [0.2, 0.25) is 0 Å². The molecule has 0 N–H and O–H groups in total. The van der Waals surface area contributed by atoms with E-state index in [9.17, 15) is 18.8 Å². The summed E-state index contributed by atoms with van der Waals surface area (Å²) < 4.78 is 29.1. The predicted molar refractivity (Wildman–Crippen MR) is 144 cm³/mol. The minimum absolute atomic E-state index is 0.0175. The number of nitriles is 1. The smallest absolute Gasteiger partial charge is 0.255 e. The van der Waals surface area contributed by atoms with Gasteiger partial charge in [0.15, 0.2) is 0 Å². The van der Waals surface area contributed by atoms with E-state index in [2.05, 4.69) is 34.7 Å². The molecule has 4 aromatic rings. The van der Waals surface area contributed by atoms with E-state index in [1.54, 1.807) is 54.9 Å². The number of halogens is 2. The minimum Gasteiger partial charge on any atom is -0.364 e. The number of aromatic nitrogens is 2. The molecule has 0 saturated carbocycles. The summed E-state index contributed by atoms with van der Waals surface area (Å²) in [6, 6.07) is 18.2. The lowest BCUT2D eigenvalue weighted by Gasteiger charge is -2.49. The lowest BCUT2D eigenvalue weighted by molar-refractivity contribution is 0.130. The van der Waals surface area contributed by atoms with Gasteiger partial charge in [0, 0.05) is 37.8 Å². The quantitative estimate of drug-likeness (QED) is 0.381. The summed E-state index contributed by atoms with van der Waals surface area (Å²) in [6.07, 6.45) is 0. The Balaban J connectivity index is 1.58. The van der Waals surface area contributed by atoms with E-state index in [1.807, 2.05) is 0 Å². The van der Waals surface area contributed by atoms with E-state index in [1.165, 1.54) is 24.3 Å². The Bertz CT molecular complexity index is 1550. The Labute approximate surface area is 220 Å². The highest BCUT2D eigenvalue weighted by atomic mass is 19.1. The number of fused-ring (bicyclic) bond motifs is 1. The first kappa shape index (κ1) is 25.6. The molecule has 1 unspecified atom stereocenters. The highest BCUT2D eigenvalue weighted by molar-refractivity contribution is 5.90. The van der Waals surface area contributed by atoms with Crippen LogP contribution in [0.4, 0.5) is 14.5 Å². The normalized spacial score (nSPS) is 18.2. The van der Waals surface area contributed by atoms with Gasteiger partial charge in [0.2, 0.25) is 0 Å². The number of rotatable bonds is 4. The fourth-order valence-corrected chi connectivity index (χ4v) is 5.64. The van der Waals surface area contributed by atoms with Crippen LogP contribution in [0, 0.1) is 29.9 Å². The van der Waals surface area contributed by atoms with Gasteiger partial charge in [-0.2, -0.15) is 5.26 Å². The van der Waals surface area contributed by atoms with E-state index < -0.39 is 0 Å². The molecule has 1 saturated heterocycles. The van der Waals surface area contributed by atoms with E-state index in [0.717, 1.165) is 16.8 Å². The van der Waals surface area contributed by atoms with Crippen LogP contribution in [0.5, 0.6) is 0 Å². The van der Waals surface area contributed by atoms with Crippen molar-refractivity contribution in [3.8, 4) is 6.07 Å². The zero-order valence-corrected chi connectivity index (χ0v) is 21.8. The number of piperazine rings is 1. The van der Waals surface area contributed by atoms with Gasteiger partial charge in [0.25, 0.3) is 5.56 Å². The Morgan fingerprint density at radius 2 is 1.50 bits per heavy atom. The maximum Gasteiger partial charge on any atom is 0.255 e. The van der Waals surface area contributed by atoms with E-state index in [0.29, 0.717) is 35.4 Å². The van der Waals surface area contributed by atoms with Crippen LogP contribution >= 0.6 is 0 Å². The number of benzene rings is 2. The van der Waals surface area contributed by atoms with Crippen molar-refractivity contribution in [3.63, 3.8) is 0 Å². The SMILES string of the molecule is Cc1c(N2CC(C)N(C(c3ccc(F)cc3)c3ccc(F)cc3)C[C@@H]2C)c2nc(C#N)ccc2n(C)c1=O. The Kier molecular flexibility index (Phi) is 6.72. The third kappa shape index (κ3) is 4.44. The van der Waals surface area contributed by atoms with Gasteiger partial charge in [-0.25, -0.2) is 13.8 Å². The zero-order chi connectivity index (χ0) is 27.1. The molecule has 0 amide bonds. The number of hydrogen-bond donors (Lipinski definition) is 0. The van der Waals surface area contributed by atoms with Crippen molar-refractivity contribution >= 4 is 16.7 Å². The highest BCUT2D eigenvalue weighted by Crippen LogP contribution is 2.37. The molecule has 1 aliphatic heterocycles. The monoisotopic (exact) mass is 513 g/mol. The van der Waals surface area contributed by atoms with Crippen molar-refractivity contribution in [1.29, 1.82) is 5.26 Å². The molecule has 194 valence electrons. The standard InChI is InChI=1S/C30H29F2N5O/c1-18-17-37(29(21-5-9-23(31)10-6-21)22-7-11-24(32)12-8-22)19(2)16-36(18)28-20(3)30(38)35(4)26-14-13-25(15-33)34-27(26)28/h5-14,18-19,29H,16-17H2,1-4H3/t18-,19?/m0/s1. The van der Waals surface area contributed by atoms with Crippen molar-refractivity contribution in [3.05, 3.63) is 105 Å². The second-order valence-electron chi connectivity index (χ2n) is 10.1. The predicted octanol–water partition coefficient (Wildman–Crippen LogP) is 5.08. The number of pyridine rings is 2. The Morgan fingerprint density at radius 1 is 0.921 bits per heavy atom. The van der Waals surface area contributed by atoms with Crippen LogP contribution < -0.4 is 10.5 Å². The van der Waals surface area contributed by atoms with Crippen LogP contribution in [0.15, 0.2) is 65.5 Å². The largest absolute Gasteiger partial charge is 0.364 e. The molecule has 1 fully saturated rings. The van der Waals surface area contributed by atoms with E-state index in [4.69, 9.17) is 0 Å². The first-order valence-electron chi connectivity index (χ1n) is 12.6. The fourth-order valence-electron chi connectivity index (χ4n) is 5.64. The number of hydrogen-bond acceptors (Lipinski definition) is 5. The van der Waals surface area contributed by atoms with Gasteiger partial charge in [-0.05, 0) is 68.3 Å². The Hall–Kier alpha value is -4.09. The third-order valence-electron chi connectivity index (χ3n) is 7.58. The summed E-state index contributed by atoms with van der Waals surface area (Å²) in [7, 11) is 1.72. The fraction of sp³-hybridized carbons (Fsp3) is 0.300. The Morgan fingerprint density at radius 3 is 2.05 bits per heavy atom. The van der Waals surface area contributed by atoms with Crippen molar-refractivity contribution in [2.24, 2.45) is 7.05 Å². The molecule has 5 rings (SSSR count). The lowest BCUT2D eigenvalue weighted by Crippen LogP contribution is -2.58. The summed E-state index contributed by atoms with van der Waals surface area (Å²) >= 11 is 0. The van der Waals surface area contributed by atoms with E-state index in [-0.39, 0.29) is 35.3 Å². The molecule has 1 aliphatic rings. The minimum atomic E-state index is -0.310. The van der Waals surface area contributed by atoms with Crippen LogP contribution in [0.1, 0.15) is 42.3 Å². The second-order valence-corrected chi connectivity index (χ2v) is 10.1. The van der Waals surface area contributed by atoms with Crippen molar-refractivity contribution < 1.29 is 8.78 Å². The first-order chi connectivity index (χ1) is 18.2. The summed E-state index contributed by atoms with van der Waals surface area (Å²) in [6.45, 7) is 7.26. The topological polar surface area (TPSA) is 65.2 Å². The molecule has 2 aromatic carbocycles. The van der Waals surface area contributed by atoms with Gasteiger partial charge >= 0.3 is 0 Å². The maximum absolute atomic E-state index is 13.8. The average Bonchev–Trinajstić information content (AvgIpc) is 2.91. The molecule has 2 atom stereocenters. The van der Waals surface area contributed by atoms with Crippen LogP contribution in [-0.2, 0) is 7.05 Å². The van der Waals surface area contributed by atoms with Gasteiger partial charge in [0.05, 0.1) is 17.2 Å². The molecular formula is C30H29F2N5O. The van der Waals surface area contributed by atoms with Crippen molar-refractivity contribution in [2.75, 3.05) is 18.0 Å². The summed E-state index contributed by atoms with van der Waals surface area (Å²) in [5.41, 5.74) is 4.67. The molecule has 0 aliphatic carbocycles. The van der Waals surface area contributed by atoms with Crippen LogP contribution in [-0.4, -0.2) is 39.6 Å². The average molecular weight is 514 g/mol. The molecule has 8 heteroatoms. The number of anilines is 1. The summed E-state index contributed by atoms with van der Waals surface area (Å²) in [5.74, 6) is -0.620. The van der Waals surface area contributed by atoms with Gasteiger partial charge in [-0.15, -0.1) is 0 Å². The summed E-state index contributed by atoms with van der Waals surface area (Å²) in [5, 5.41) is 9.48. The molecule has 0 radical (unpaired) electrons. The molecule has 38 heavy (non-hydrogen) atoms. The van der Waals surface area contributed by atoms with Crippen LogP contribution in [0.3, 0.4) is 0 Å². The second kappa shape index (κ2) is 9.99. The van der Waals surface area contributed by atoms with Gasteiger partial charge < -0.3 is 9.47 Å². The van der Waals surface area contributed by atoms with Gasteiger partial charge in [0.1, 0.15) is 28.9 Å². The molecule has 0 spiro atoms. The zero-order valence-electron chi connectivity index (χ0n) is 21.8. The maximum atomic E-state index is 13.8. The number of aryl methyl sites for hydroxylation is 1. The molecule has 2 aromatic heterocycles. The molecular weight excluding hydrogens is 484 g/mol. The molecule has 6 nitrogen and oxygen atoms in total. The lowest BCUT2D eigenvalue weighted by atomic mass is 9.93.